The summed E-state index contributed by atoms with van der Waals surface area (Å²) in [5.41, 5.74) is 0. The maximum Gasteiger partial charge on any atom is 0.124 e. The Morgan fingerprint density at radius 2 is 2.00 bits per heavy atom. The quantitative estimate of drug-likeness (QED) is 0.729. The topological polar surface area (TPSA) is 33.3 Å². The second-order valence-corrected chi connectivity index (χ2v) is 5.48. The van der Waals surface area contributed by atoms with Gasteiger partial charge in [0.1, 0.15) is 5.82 Å². The molecule has 1 aromatic heterocycles. The lowest BCUT2D eigenvalue weighted by atomic mass is 10.2. The molecule has 0 radical (unpaired) electrons. The third-order valence-corrected chi connectivity index (χ3v) is 3.89. The van der Waals surface area contributed by atoms with E-state index in [-0.39, 0.29) is 5.82 Å². The van der Waals surface area contributed by atoms with Crippen LogP contribution in [0.15, 0.2) is 24.3 Å². The summed E-state index contributed by atoms with van der Waals surface area (Å²) in [6, 6.07) is 7.05. The fraction of sp³-hybridized carbons (Fsp3) is 0.429. The Kier molecular flexibility index (Phi) is 5.72. The monoisotopic (exact) mass is 282 g/mol. The minimum Gasteiger partial charge on any atom is -0.383 e. The summed E-state index contributed by atoms with van der Waals surface area (Å²) in [6.45, 7) is 4.27. The van der Waals surface area contributed by atoms with Gasteiger partial charge in [-0.2, -0.15) is 0 Å². The van der Waals surface area contributed by atoms with E-state index in [1.54, 1.807) is 24.5 Å². The van der Waals surface area contributed by atoms with Crippen molar-refractivity contribution in [1.29, 1.82) is 0 Å². The van der Waals surface area contributed by atoms with Crippen molar-refractivity contribution in [3.05, 3.63) is 35.0 Å². The molecule has 0 amide bonds. The Hall–Kier alpha value is -1.01. The van der Waals surface area contributed by atoms with Gasteiger partial charge in [-0.15, -0.1) is 11.3 Å². The molecule has 1 aromatic carbocycles. The highest BCUT2D eigenvalue weighted by Crippen LogP contribution is 2.26. The first-order valence-electron chi connectivity index (χ1n) is 6.38. The summed E-state index contributed by atoms with van der Waals surface area (Å²) in [7, 11) is 1.70. The Morgan fingerprint density at radius 3 is 2.84 bits per heavy atom. The third-order valence-electron chi connectivity index (χ3n) is 2.79. The second kappa shape index (κ2) is 7.55. The van der Waals surface area contributed by atoms with Crippen LogP contribution in [0, 0.1) is 5.82 Å². The van der Waals surface area contributed by atoms with E-state index in [9.17, 15) is 4.39 Å². The van der Waals surface area contributed by atoms with Crippen molar-refractivity contribution in [2.75, 3.05) is 33.4 Å². The van der Waals surface area contributed by atoms with Crippen LogP contribution in [0.2, 0.25) is 0 Å². The lowest BCUT2D eigenvalue weighted by Gasteiger charge is -2.04. The number of fused-ring (bicyclic) bond motifs is 1. The van der Waals surface area contributed by atoms with Crippen LogP contribution in [0.25, 0.3) is 10.1 Å². The summed E-state index contributed by atoms with van der Waals surface area (Å²) < 4.78 is 19.0. The van der Waals surface area contributed by atoms with Crippen molar-refractivity contribution in [3.63, 3.8) is 0 Å². The molecule has 0 fully saturated rings. The summed E-state index contributed by atoms with van der Waals surface area (Å²) >= 11 is 1.64. The number of thiophene rings is 1. The van der Waals surface area contributed by atoms with E-state index in [0.717, 1.165) is 42.9 Å². The molecule has 0 atom stereocenters. The molecule has 2 N–H and O–H groups in total. The van der Waals surface area contributed by atoms with Gasteiger partial charge in [-0.1, -0.05) is 6.07 Å². The molecule has 104 valence electrons. The lowest BCUT2D eigenvalue weighted by molar-refractivity contribution is 0.199. The van der Waals surface area contributed by atoms with Crippen molar-refractivity contribution in [3.8, 4) is 0 Å². The molecule has 0 unspecified atom stereocenters. The van der Waals surface area contributed by atoms with E-state index < -0.39 is 0 Å². The standard InChI is InChI=1S/C14H19FN2OS/c1-18-7-6-16-4-5-17-10-13-8-11-2-3-12(15)9-14(11)19-13/h2-3,8-9,16-17H,4-7,10H2,1H3. The van der Waals surface area contributed by atoms with Crippen molar-refractivity contribution < 1.29 is 9.13 Å². The molecule has 0 aliphatic rings. The van der Waals surface area contributed by atoms with Crippen molar-refractivity contribution in [2.24, 2.45) is 0 Å². The maximum atomic E-state index is 13.1. The van der Waals surface area contributed by atoms with Gasteiger partial charge < -0.3 is 15.4 Å². The average Bonchev–Trinajstić information content (AvgIpc) is 2.79. The van der Waals surface area contributed by atoms with Crippen LogP contribution in [0.5, 0.6) is 0 Å². The van der Waals surface area contributed by atoms with E-state index >= 15 is 0 Å². The molecule has 0 saturated carbocycles. The van der Waals surface area contributed by atoms with Gasteiger partial charge in [0.15, 0.2) is 0 Å². The van der Waals surface area contributed by atoms with Crippen molar-refractivity contribution in [2.45, 2.75) is 6.54 Å². The molecule has 1 heterocycles. The van der Waals surface area contributed by atoms with Crippen LogP contribution < -0.4 is 10.6 Å². The predicted molar refractivity (Wildman–Crippen MR) is 78.2 cm³/mol. The minimum atomic E-state index is -0.170. The number of halogens is 1. The van der Waals surface area contributed by atoms with E-state index in [1.165, 1.54) is 10.9 Å². The van der Waals surface area contributed by atoms with Crippen LogP contribution in [-0.2, 0) is 11.3 Å². The Bertz CT molecular complexity index is 515. The van der Waals surface area contributed by atoms with E-state index in [4.69, 9.17) is 4.74 Å². The average molecular weight is 282 g/mol. The molecule has 0 aliphatic carbocycles. The first-order valence-corrected chi connectivity index (χ1v) is 7.19. The van der Waals surface area contributed by atoms with Crippen LogP contribution in [0.4, 0.5) is 4.39 Å². The smallest absolute Gasteiger partial charge is 0.124 e. The molecule has 3 nitrogen and oxygen atoms in total. The highest BCUT2D eigenvalue weighted by Gasteiger charge is 2.02. The van der Waals surface area contributed by atoms with E-state index in [0.29, 0.717) is 0 Å². The van der Waals surface area contributed by atoms with Gasteiger partial charge in [-0.25, -0.2) is 4.39 Å². The SMILES string of the molecule is COCCNCCNCc1cc2ccc(F)cc2s1. The number of ether oxygens (including phenoxy) is 1. The number of methoxy groups -OCH3 is 1. The first kappa shape index (κ1) is 14.4. The summed E-state index contributed by atoms with van der Waals surface area (Å²) in [4.78, 5) is 1.23. The zero-order valence-corrected chi connectivity index (χ0v) is 11.9. The zero-order chi connectivity index (χ0) is 13.5. The first-order chi connectivity index (χ1) is 9.29. The van der Waals surface area contributed by atoms with E-state index in [2.05, 4.69) is 16.7 Å². The maximum absolute atomic E-state index is 13.1. The normalized spacial score (nSPS) is 11.3. The highest BCUT2D eigenvalue weighted by molar-refractivity contribution is 7.19. The Balaban J connectivity index is 1.72. The number of hydrogen-bond donors (Lipinski definition) is 2. The fourth-order valence-electron chi connectivity index (χ4n) is 1.83. The van der Waals surface area contributed by atoms with Gasteiger partial charge in [0.25, 0.3) is 0 Å². The molecule has 2 rings (SSSR count). The summed E-state index contributed by atoms with van der Waals surface area (Å²) in [5.74, 6) is -0.170. The van der Waals surface area contributed by atoms with Crippen LogP contribution in [0.3, 0.4) is 0 Å². The van der Waals surface area contributed by atoms with Crippen LogP contribution in [0.1, 0.15) is 4.88 Å². The number of rotatable bonds is 8. The second-order valence-electron chi connectivity index (χ2n) is 4.31. The molecule has 19 heavy (non-hydrogen) atoms. The molecule has 0 bridgehead atoms. The number of benzene rings is 1. The van der Waals surface area contributed by atoms with E-state index in [1.807, 2.05) is 6.07 Å². The van der Waals surface area contributed by atoms with Gasteiger partial charge in [0, 0.05) is 42.9 Å². The summed E-state index contributed by atoms with van der Waals surface area (Å²) in [5, 5.41) is 7.75. The third kappa shape index (κ3) is 4.54. The molecule has 0 aliphatic heterocycles. The van der Waals surface area contributed by atoms with Crippen molar-refractivity contribution in [1.82, 2.24) is 10.6 Å². The predicted octanol–water partition coefficient (Wildman–Crippen LogP) is 2.37. The Morgan fingerprint density at radius 1 is 1.16 bits per heavy atom. The number of nitrogens with one attached hydrogen (secondary N) is 2. The van der Waals surface area contributed by atoms with Crippen molar-refractivity contribution >= 4 is 21.4 Å². The Labute approximate surface area is 116 Å². The highest BCUT2D eigenvalue weighted by atomic mass is 32.1. The fourth-order valence-corrected chi connectivity index (χ4v) is 2.89. The van der Waals surface area contributed by atoms with Crippen LogP contribution >= 0.6 is 11.3 Å². The van der Waals surface area contributed by atoms with Gasteiger partial charge >= 0.3 is 0 Å². The minimum absolute atomic E-state index is 0.170. The molecule has 0 spiro atoms. The number of hydrogen-bond acceptors (Lipinski definition) is 4. The molecule has 5 heteroatoms. The van der Waals surface area contributed by atoms with Crippen LogP contribution in [-0.4, -0.2) is 33.4 Å². The van der Waals surface area contributed by atoms with Gasteiger partial charge in [-0.3, -0.25) is 0 Å². The molecule has 0 saturated heterocycles. The zero-order valence-electron chi connectivity index (χ0n) is 11.0. The summed E-state index contributed by atoms with van der Waals surface area (Å²) in [6.07, 6.45) is 0. The lowest BCUT2D eigenvalue weighted by Crippen LogP contribution is -2.28. The molecular formula is C14H19FN2OS. The van der Waals surface area contributed by atoms with Gasteiger partial charge in [0.2, 0.25) is 0 Å². The van der Waals surface area contributed by atoms with Gasteiger partial charge in [-0.05, 0) is 23.6 Å². The largest absolute Gasteiger partial charge is 0.383 e. The molecule has 2 aromatic rings. The van der Waals surface area contributed by atoms with Gasteiger partial charge in [0.05, 0.1) is 6.61 Å². The molecular weight excluding hydrogens is 263 g/mol.